The second-order valence-electron chi connectivity index (χ2n) is 4.02. The highest BCUT2D eigenvalue weighted by Crippen LogP contribution is 2.27. The van der Waals surface area contributed by atoms with Gasteiger partial charge in [-0.15, -0.1) is 0 Å². The maximum Gasteiger partial charge on any atom is 0.138 e. The lowest BCUT2D eigenvalue weighted by atomic mass is 10.2. The van der Waals surface area contributed by atoms with Gasteiger partial charge in [-0.1, -0.05) is 23.7 Å². The SMILES string of the molecule is CCOc1ccc(N)cc1COc1ccccc1Cl. The summed E-state index contributed by atoms with van der Waals surface area (Å²) in [5.74, 6) is 1.43. The van der Waals surface area contributed by atoms with Crippen molar-refractivity contribution in [2.24, 2.45) is 0 Å². The predicted molar refractivity (Wildman–Crippen MR) is 77.8 cm³/mol. The molecule has 2 rings (SSSR count). The molecular formula is C15H16ClNO2. The Hall–Kier alpha value is -1.87. The van der Waals surface area contributed by atoms with Crippen LogP contribution in [0.4, 0.5) is 5.69 Å². The number of para-hydroxylation sites is 1. The van der Waals surface area contributed by atoms with Gasteiger partial charge >= 0.3 is 0 Å². The van der Waals surface area contributed by atoms with Crippen molar-refractivity contribution in [3.63, 3.8) is 0 Å². The summed E-state index contributed by atoms with van der Waals surface area (Å²) in [7, 11) is 0. The molecule has 0 saturated heterocycles. The second-order valence-corrected chi connectivity index (χ2v) is 4.43. The van der Waals surface area contributed by atoms with Crippen LogP contribution in [0, 0.1) is 0 Å². The molecule has 19 heavy (non-hydrogen) atoms. The molecule has 100 valence electrons. The highest BCUT2D eigenvalue weighted by molar-refractivity contribution is 6.32. The molecule has 0 atom stereocenters. The second kappa shape index (κ2) is 6.34. The molecule has 2 N–H and O–H groups in total. The van der Waals surface area contributed by atoms with E-state index in [2.05, 4.69) is 0 Å². The first-order chi connectivity index (χ1) is 9.20. The van der Waals surface area contributed by atoms with Gasteiger partial charge in [0, 0.05) is 11.3 Å². The van der Waals surface area contributed by atoms with Crippen LogP contribution in [0.3, 0.4) is 0 Å². The van der Waals surface area contributed by atoms with Crippen LogP contribution in [-0.2, 0) is 6.61 Å². The Morgan fingerprint density at radius 3 is 2.58 bits per heavy atom. The van der Waals surface area contributed by atoms with Crippen LogP contribution in [-0.4, -0.2) is 6.61 Å². The van der Waals surface area contributed by atoms with Gasteiger partial charge in [0.25, 0.3) is 0 Å². The molecule has 0 heterocycles. The number of ether oxygens (including phenoxy) is 2. The third-order valence-corrected chi connectivity index (χ3v) is 2.92. The number of halogens is 1. The van der Waals surface area contributed by atoms with E-state index < -0.39 is 0 Å². The molecule has 0 radical (unpaired) electrons. The Bertz CT molecular complexity index is 558. The standard InChI is InChI=1S/C15H16ClNO2/c1-2-18-14-8-7-12(17)9-11(14)10-19-15-6-4-3-5-13(15)16/h3-9H,2,10,17H2,1H3. The van der Waals surface area contributed by atoms with Gasteiger partial charge in [0.1, 0.15) is 18.1 Å². The third-order valence-electron chi connectivity index (χ3n) is 2.60. The minimum Gasteiger partial charge on any atom is -0.493 e. The Morgan fingerprint density at radius 1 is 1.05 bits per heavy atom. The van der Waals surface area contributed by atoms with E-state index in [1.165, 1.54) is 0 Å². The fraction of sp³-hybridized carbons (Fsp3) is 0.200. The van der Waals surface area contributed by atoms with E-state index in [-0.39, 0.29) is 0 Å². The summed E-state index contributed by atoms with van der Waals surface area (Å²) in [5, 5.41) is 0.587. The molecular weight excluding hydrogens is 262 g/mol. The predicted octanol–water partition coefficient (Wildman–Crippen LogP) is 3.90. The van der Waals surface area contributed by atoms with Crippen molar-refractivity contribution in [3.8, 4) is 11.5 Å². The summed E-state index contributed by atoms with van der Waals surface area (Å²) in [6.07, 6.45) is 0. The van der Waals surface area contributed by atoms with Crippen molar-refractivity contribution in [2.45, 2.75) is 13.5 Å². The van der Waals surface area contributed by atoms with Crippen molar-refractivity contribution in [1.82, 2.24) is 0 Å². The van der Waals surface area contributed by atoms with Crippen LogP contribution in [0.2, 0.25) is 5.02 Å². The number of rotatable bonds is 5. The fourth-order valence-electron chi connectivity index (χ4n) is 1.73. The Labute approximate surface area is 117 Å². The van der Waals surface area contributed by atoms with Crippen molar-refractivity contribution in [2.75, 3.05) is 12.3 Å². The molecule has 0 aliphatic carbocycles. The minimum atomic E-state index is 0.365. The summed E-state index contributed by atoms with van der Waals surface area (Å²) in [4.78, 5) is 0. The summed E-state index contributed by atoms with van der Waals surface area (Å²) < 4.78 is 11.2. The van der Waals surface area contributed by atoms with Crippen LogP contribution in [0.25, 0.3) is 0 Å². The number of nitrogen functional groups attached to an aromatic ring is 1. The van der Waals surface area contributed by atoms with Crippen LogP contribution in [0.15, 0.2) is 42.5 Å². The molecule has 0 aliphatic rings. The van der Waals surface area contributed by atoms with Gasteiger partial charge in [-0.05, 0) is 37.3 Å². The van der Waals surface area contributed by atoms with Gasteiger partial charge < -0.3 is 15.2 Å². The van der Waals surface area contributed by atoms with Crippen LogP contribution in [0.1, 0.15) is 12.5 Å². The van der Waals surface area contributed by atoms with Gasteiger partial charge in [0.2, 0.25) is 0 Å². The number of hydrogen-bond acceptors (Lipinski definition) is 3. The van der Waals surface area contributed by atoms with E-state index in [4.69, 9.17) is 26.8 Å². The maximum absolute atomic E-state index is 6.04. The molecule has 0 spiro atoms. The molecule has 0 bridgehead atoms. The van der Waals surface area contributed by atoms with E-state index in [9.17, 15) is 0 Å². The van der Waals surface area contributed by atoms with E-state index in [0.717, 1.165) is 11.3 Å². The number of benzene rings is 2. The van der Waals surface area contributed by atoms with Crippen LogP contribution < -0.4 is 15.2 Å². The van der Waals surface area contributed by atoms with Gasteiger partial charge in [0.05, 0.1) is 11.6 Å². The normalized spacial score (nSPS) is 10.2. The van der Waals surface area contributed by atoms with Crippen molar-refractivity contribution in [1.29, 1.82) is 0 Å². The lowest BCUT2D eigenvalue weighted by molar-refractivity contribution is 0.286. The van der Waals surface area contributed by atoms with E-state index >= 15 is 0 Å². The topological polar surface area (TPSA) is 44.5 Å². The lowest BCUT2D eigenvalue weighted by Crippen LogP contribution is -2.02. The highest BCUT2D eigenvalue weighted by Gasteiger charge is 2.06. The summed E-state index contributed by atoms with van der Waals surface area (Å²) in [6, 6.07) is 12.9. The van der Waals surface area contributed by atoms with E-state index in [0.29, 0.717) is 29.7 Å². The Morgan fingerprint density at radius 2 is 1.84 bits per heavy atom. The molecule has 0 amide bonds. The van der Waals surface area contributed by atoms with Crippen molar-refractivity contribution in [3.05, 3.63) is 53.1 Å². The molecule has 4 heteroatoms. The van der Waals surface area contributed by atoms with E-state index in [1.807, 2.05) is 43.3 Å². The summed E-state index contributed by atoms with van der Waals surface area (Å²) in [5.41, 5.74) is 7.37. The average molecular weight is 278 g/mol. The zero-order chi connectivity index (χ0) is 13.7. The molecule has 0 fully saturated rings. The Kier molecular flexibility index (Phi) is 4.53. The molecule has 0 aromatic heterocycles. The number of hydrogen-bond donors (Lipinski definition) is 1. The maximum atomic E-state index is 6.04. The third kappa shape index (κ3) is 3.55. The molecule has 0 saturated carbocycles. The summed E-state index contributed by atoms with van der Waals surface area (Å²) in [6.45, 7) is 2.90. The fourth-order valence-corrected chi connectivity index (χ4v) is 1.92. The zero-order valence-corrected chi connectivity index (χ0v) is 11.5. The average Bonchev–Trinajstić information content (AvgIpc) is 2.41. The van der Waals surface area contributed by atoms with Gasteiger partial charge in [0.15, 0.2) is 0 Å². The molecule has 0 aliphatic heterocycles. The lowest BCUT2D eigenvalue weighted by Gasteiger charge is -2.12. The largest absolute Gasteiger partial charge is 0.493 e. The zero-order valence-electron chi connectivity index (χ0n) is 10.7. The highest BCUT2D eigenvalue weighted by atomic mass is 35.5. The van der Waals surface area contributed by atoms with Crippen LogP contribution >= 0.6 is 11.6 Å². The number of nitrogens with two attached hydrogens (primary N) is 1. The van der Waals surface area contributed by atoms with Gasteiger partial charge in [-0.25, -0.2) is 0 Å². The number of anilines is 1. The molecule has 0 unspecified atom stereocenters. The first kappa shape index (κ1) is 13.6. The van der Waals surface area contributed by atoms with Crippen LogP contribution in [0.5, 0.6) is 11.5 Å². The monoisotopic (exact) mass is 277 g/mol. The minimum absolute atomic E-state index is 0.365. The van der Waals surface area contributed by atoms with Crippen molar-refractivity contribution < 1.29 is 9.47 Å². The Balaban J connectivity index is 2.14. The quantitative estimate of drug-likeness (QED) is 0.843. The molecule has 2 aromatic rings. The van der Waals surface area contributed by atoms with E-state index in [1.54, 1.807) is 6.07 Å². The van der Waals surface area contributed by atoms with Gasteiger partial charge in [-0.3, -0.25) is 0 Å². The van der Waals surface area contributed by atoms with Gasteiger partial charge in [-0.2, -0.15) is 0 Å². The first-order valence-corrected chi connectivity index (χ1v) is 6.47. The molecule has 2 aromatic carbocycles. The summed E-state index contributed by atoms with van der Waals surface area (Å²) >= 11 is 6.04. The molecule has 3 nitrogen and oxygen atoms in total. The van der Waals surface area contributed by atoms with Crippen molar-refractivity contribution >= 4 is 17.3 Å². The first-order valence-electron chi connectivity index (χ1n) is 6.09. The smallest absolute Gasteiger partial charge is 0.138 e.